The maximum Gasteiger partial charge on any atom is 0.250 e. The molecule has 3 saturated heterocycles. The molecule has 3 aliphatic rings. The van der Waals surface area contributed by atoms with E-state index in [1.807, 2.05) is 13.8 Å². The zero-order valence-corrected chi connectivity index (χ0v) is 24.3. The van der Waals surface area contributed by atoms with Crippen molar-refractivity contribution in [2.75, 3.05) is 30.4 Å². The number of carbonyl (C=O) groups excluding carboxylic acids is 3. The lowest BCUT2D eigenvalue weighted by atomic mass is 9.65. The number of hydrogen-bond acceptors (Lipinski definition) is 6. The van der Waals surface area contributed by atoms with Crippen molar-refractivity contribution in [1.29, 1.82) is 0 Å². The quantitative estimate of drug-likeness (QED) is 0.314. The van der Waals surface area contributed by atoms with E-state index in [4.69, 9.17) is 21.1 Å². The molecule has 3 N–H and O–H groups in total. The first kappa shape index (κ1) is 29.4. The van der Waals surface area contributed by atoms with Gasteiger partial charge in [-0.25, -0.2) is 0 Å². The summed E-state index contributed by atoms with van der Waals surface area (Å²) in [6, 6.07) is 13.2. The van der Waals surface area contributed by atoms with Gasteiger partial charge >= 0.3 is 0 Å². The van der Waals surface area contributed by atoms with Gasteiger partial charge in [-0.15, -0.1) is 0 Å². The summed E-state index contributed by atoms with van der Waals surface area (Å²) in [7, 11) is 0. The number of anilines is 2. The molecule has 0 saturated carbocycles. The number of hydrogen-bond donors (Lipinski definition) is 3. The minimum Gasteiger partial charge on any atom is -0.494 e. The second kappa shape index (κ2) is 12.0. The first-order chi connectivity index (χ1) is 19.8. The SMILES string of the molecule is CCOc1ccc(NC(=O)[C@H]2[C@H]3C(=O)N(CCCCCO)C(C(=O)Nc4ccccc4Cl)C34CC[C@]2(CC)O4)cc1. The summed E-state index contributed by atoms with van der Waals surface area (Å²) in [4.78, 5) is 43.7. The highest BCUT2D eigenvalue weighted by atomic mass is 35.5. The zero-order chi connectivity index (χ0) is 29.2. The number of fused-ring (bicyclic) bond motifs is 1. The molecule has 1 spiro atoms. The number of benzene rings is 2. The molecular weight excluding hydrogens is 546 g/mol. The molecule has 2 bridgehead atoms. The molecule has 10 heteroatoms. The third-order valence-electron chi connectivity index (χ3n) is 8.83. The van der Waals surface area contributed by atoms with Crippen LogP contribution in [0.2, 0.25) is 5.02 Å². The van der Waals surface area contributed by atoms with E-state index >= 15 is 0 Å². The Labute approximate surface area is 245 Å². The first-order valence-corrected chi connectivity index (χ1v) is 14.9. The van der Waals surface area contributed by atoms with Gasteiger partial charge in [-0.1, -0.05) is 30.7 Å². The lowest BCUT2D eigenvalue weighted by Gasteiger charge is -2.34. The number of amides is 3. The number of para-hydroxylation sites is 1. The molecule has 2 aromatic carbocycles. The van der Waals surface area contributed by atoms with E-state index in [1.54, 1.807) is 53.4 Å². The third-order valence-corrected chi connectivity index (χ3v) is 9.16. The molecule has 0 radical (unpaired) electrons. The lowest BCUT2D eigenvalue weighted by Crippen LogP contribution is -2.53. The maximum absolute atomic E-state index is 14.2. The molecule has 9 nitrogen and oxygen atoms in total. The summed E-state index contributed by atoms with van der Waals surface area (Å²) in [5.74, 6) is -1.75. The van der Waals surface area contributed by atoms with Crippen LogP contribution in [0.5, 0.6) is 5.75 Å². The molecule has 5 atom stereocenters. The molecule has 3 amide bonds. The predicted octanol–water partition coefficient (Wildman–Crippen LogP) is 4.63. The molecule has 5 rings (SSSR count). The van der Waals surface area contributed by atoms with Gasteiger partial charge < -0.3 is 30.1 Å². The number of carbonyl (C=O) groups is 3. The summed E-state index contributed by atoms with van der Waals surface area (Å²) < 4.78 is 12.3. The summed E-state index contributed by atoms with van der Waals surface area (Å²) in [5, 5.41) is 15.6. The summed E-state index contributed by atoms with van der Waals surface area (Å²) >= 11 is 6.35. The van der Waals surface area contributed by atoms with Gasteiger partial charge in [0.1, 0.15) is 17.4 Å². The fraction of sp³-hybridized carbons (Fsp3) is 0.516. The number of ether oxygens (including phenoxy) is 2. The van der Waals surface area contributed by atoms with Crippen molar-refractivity contribution in [3.8, 4) is 5.75 Å². The van der Waals surface area contributed by atoms with E-state index in [9.17, 15) is 19.5 Å². The van der Waals surface area contributed by atoms with Gasteiger partial charge in [-0.05, 0) is 81.8 Å². The second-order valence-electron chi connectivity index (χ2n) is 11.1. The van der Waals surface area contributed by atoms with Crippen LogP contribution >= 0.6 is 11.6 Å². The first-order valence-electron chi connectivity index (χ1n) is 14.5. The van der Waals surface area contributed by atoms with Crippen LogP contribution < -0.4 is 15.4 Å². The normalized spacial score (nSPS) is 28.0. The summed E-state index contributed by atoms with van der Waals surface area (Å²) in [6.07, 6.45) is 3.54. The Hall–Kier alpha value is -3.14. The van der Waals surface area contributed by atoms with Crippen molar-refractivity contribution in [3.63, 3.8) is 0 Å². The van der Waals surface area contributed by atoms with Gasteiger partial charge in [-0.2, -0.15) is 0 Å². The minimum absolute atomic E-state index is 0.0624. The van der Waals surface area contributed by atoms with Crippen LogP contribution in [-0.2, 0) is 19.1 Å². The Kier molecular flexibility index (Phi) is 8.59. The van der Waals surface area contributed by atoms with E-state index < -0.39 is 29.1 Å². The smallest absolute Gasteiger partial charge is 0.250 e. The fourth-order valence-electron chi connectivity index (χ4n) is 7.01. The molecule has 3 heterocycles. The molecule has 220 valence electrons. The fourth-order valence-corrected chi connectivity index (χ4v) is 7.20. The largest absolute Gasteiger partial charge is 0.494 e. The van der Waals surface area contributed by atoms with Crippen LogP contribution in [0.15, 0.2) is 48.5 Å². The topological polar surface area (TPSA) is 117 Å². The van der Waals surface area contributed by atoms with Crippen LogP contribution in [0.1, 0.15) is 52.4 Å². The average Bonchev–Trinajstić information content (AvgIpc) is 3.57. The molecule has 0 aromatic heterocycles. The highest BCUT2D eigenvalue weighted by Gasteiger charge is 2.78. The van der Waals surface area contributed by atoms with E-state index in [0.29, 0.717) is 73.8 Å². The summed E-state index contributed by atoms with van der Waals surface area (Å²) in [5.41, 5.74) is -0.923. The summed E-state index contributed by atoms with van der Waals surface area (Å²) in [6.45, 7) is 4.80. The van der Waals surface area contributed by atoms with E-state index in [-0.39, 0.29) is 24.3 Å². The van der Waals surface area contributed by atoms with Crippen LogP contribution in [0.3, 0.4) is 0 Å². The standard InChI is InChI=1S/C31H38ClN3O6/c1-3-30-16-17-31(41-30)25(24(30)27(37)33-20-12-14-21(15-13-20)40-4-2)29(39)35(18-8-5-9-19-36)26(31)28(38)34-23-11-7-6-10-22(23)32/h6-7,10-15,24-26,36H,3-5,8-9,16-19H2,1-2H3,(H,33,37)(H,34,38)/t24-,25+,26?,30+,31?/m1/s1. The van der Waals surface area contributed by atoms with E-state index in [1.165, 1.54) is 0 Å². The van der Waals surface area contributed by atoms with Gasteiger partial charge in [0, 0.05) is 18.8 Å². The Bertz CT molecular complexity index is 1290. The highest BCUT2D eigenvalue weighted by Crippen LogP contribution is 2.64. The number of aliphatic hydroxyl groups excluding tert-OH is 1. The zero-order valence-electron chi connectivity index (χ0n) is 23.5. The number of rotatable bonds is 12. The van der Waals surface area contributed by atoms with Crippen LogP contribution in [0.4, 0.5) is 11.4 Å². The number of nitrogens with zero attached hydrogens (tertiary/aromatic N) is 1. The number of halogens is 1. The van der Waals surface area contributed by atoms with Crippen LogP contribution in [0.25, 0.3) is 0 Å². The lowest BCUT2D eigenvalue weighted by molar-refractivity contribution is -0.144. The molecule has 2 aromatic rings. The Morgan fingerprint density at radius 3 is 2.49 bits per heavy atom. The van der Waals surface area contributed by atoms with Crippen molar-refractivity contribution >= 4 is 40.7 Å². The Balaban J connectivity index is 1.47. The van der Waals surface area contributed by atoms with Crippen LogP contribution in [-0.4, -0.2) is 64.7 Å². The van der Waals surface area contributed by atoms with Crippen molar-refractivity contribution in [2.24, 2.45) is 11.8 Å². The van der Waals surface area contributed by atoms with Gasteiger partial charge in [0.25, 0.3) is 0 Å². The minimum atomic E-state index is -1.13. The Morgan fingerprint density at radius 2 is 1.80 bits per heavy atom. The van der Waals surface area contributed by atoms with E-state index in [0.717, 1.165) is 0 Å². The van der Waals surface area contributed by atoms with Crippen molar-refractivity contribution in [1.82, 2.24) is 4.90 Å². The predicted molar refractivity (Wildman–Crippen MR) is 156 cm³/mol. The van der Waals surface area contributed by atoms with Crippen molar-refractivity contribution < 1.29 is 29.0 Å². The molecular formula is C31H38ClN3O6. The van der Waals surface area contributed by atoms with Crippen molar-refractivity contribution in [2.45, 2.75) is 69.6 Å². The monoisotopic (exact) mass is 583 g/mol. The average molecular weight is 584 g/mol. The third kappa shape index (κ3) is 5.19. The van der Waals surface area contributed by atoms with Gasteiger partial charge in [0.2, 0.25) is 17.7 Å². The molecule has 0 aliphatic carbocycles. The van der Waals surface area contributed by atoms with Gasteiger partial charge in [0.05, 0.1) is 34.8 Å². The van der Waals surface area contributed by atoms with E-state index in [2.05, 4.69) is 10.6 Å². The van der Waals surface area contributed by atoms with Crippen LogP contribution in [0, 0.1) is 11.8 Å². The number of unbranched alkanes of at least 4 members (excludes halogenated alkanes) is 2. The maximum atomic E-state index is 14.2. The van der Waals surface area contributed by atoms with Gasteiger partial charge in [-0.3, -0.25) is 14.4 Å². The number of likely N-dealkylation sites (tertiary alicyclic amines) is 1. The second-order valence-corrected chi connectivity index (χ2v) is 11.5. The molecule has 3 aliphatic heterocycles. The number of aliphatic hydroxyl groups is 1. The van der Waals surface area contributed by atoms with Crippen molar-refractivity contribution in [3.05, 3.63) is 53.6 Å². The highest BCUT2D eigenvalue weighted by molar-refractivity contribution is 6.33. The molecule has 41 heavy (non-hydrogen) atoms. The molecule has 2 unspecified atom stereocenters. The Morgan fingerprint density at radius 1 is 1.05 bits per heavy atom. The van der Waals surface area contributed by atoms with Gasteiger partial charge in [0.15, 0.2) is 0 Å². The number of nitrogens with one attached hydrogen (secondary N) is 2. The molecule has 3 fully saturated rings.